The minimum Gasteiger partial charge on any atom is -0.378 e. The molecule has 2 aliphatic heterocycles. The first-order valence-corrected chi connectivity index (χ1v) is 9.28. The Bertz CT molecular complexity index is 327. The van der Waals surface area contributed by atoms with Crippen molar-refractivity contribution in [3.8, 4) is 0 Å². The highest BCUT2D eigenvalue weighted by Crippen LogP contribution is 2.16. The summed E-state index contributed by atoms with van der Waals surface area (Å²) in [5.41, 5.74) is 0. The molecule has 0 aromatic carbocycles. The maximum Gasteiger partial charge on any atom is 0.0935 e. The van der Waals surface area contributed by atoms with Gasteiger partial charge in [0.1, 0.15) is 0 Å². The van der Waals surface area contributed by atoms with E-state index in [-0.39, 0.29) is 12.2 Å². The van der Waals surface area contributed by atoms with Crippen LogP contribution in [0.4, 0.5) is 0 Å². The van der Waals surface area contributed by atoms with Crippen molar-refractivity contribution in [2.24, 2.45) is 5.92 Å². The van der Waals surface area contributed by atoms with Crippen molar-refractivity contribution in [2.75, 3.05) is 59.6 Å². The minimum absolute atomic E-state index is 0.219. The van der Waals surface area contributed by atoms with Crippen LogP contribution in [0.2, 0.25) is 0 Å². The maximum atomic E-state index is 6.06. The Morgan fingerprint density at radius 1 is 1.09 bits per heavy atom. The summed E-state index contributed by atoms with van der Waals surface area (Å²) < 4.78 is 17.5. The fourth-order valence-corrected chi connectivity index (χ4v) is 3.29. The number of ether oxygens (including phenoxy) is 3. The normalized spacial score (nSPS) is 28.6. The highest BCUT2D eigenvalue weighted by molar-refractivity contribution is 4.74. The highest BCUT2D eigenvalue weighted by Gasteiger charge is 2.22. The average Bonchev–Trinajstić information content (AvgIpc) is 2.95. The van der Waals surface area contributed by atoms with E-state index in [1.807, 2.05) is 0 Å². The fraction of sp³-hybridized carbons (Fsp3) is 1.00. The van der Waals surface area contributed by atoms with E-state index in [1.54, 1.807) is 0 Å². The van der Waals surface area contributed by atoms with E-state index in [9.17, 15) is 0 Å². The van der Waals surface area contributed by atoms with Gasteiger partial charge in [0.25, 0.3) is 0 Å². The Labute approximate surface area is 142 Å². The van der Waals surface area contributed by atoms with Crippen LogP contribution in [-0.2, 0) is 14.2 Å². The zero-order chi connectivity index (χ0) is 16.7. The fourth-order valence-electron chi connectivity index (χ4n) is 3.29. The summed E-state index contributed by atoms with van der Waals surface area (Å²) in [6.45, 7) is 14.3. The van der Waals surface area contributed by atoms with Crippen molar-refractivity contribution in [1.29, 1.82) is 0 Å². The van der Waals surface area contributed by atoms with Crippen molar-refractivity contribution in [2.45, 2.75) is 51.9 Å². The largest absolute Gasteiger partial charge is 0.378 e. The highest BCUT2D eigenvalue weighted by atomic mass is 16.5. The van der Waals surface area contributed by atoms with Gasteiger partial charge in [-0.25, -0.2) is 0 Å². The number of hydrogen-bond acceptors (Lipinski definition) is 5. The van der Waals surface area contributed by atoms with Gasteiger partial charge < -0.3 is 19.1 Å². The molecule has 5 heteroatoms. The molecule has 5 nitrogen and oxygen atoms in total. The van der Waals surface area contributed by atoms with E-state index < -0.39 is 0 Å². The Morgan fingerprint density at radius 2 is 1.91 bits per heavy atom. The van der Waals surface area contributed by atoms with Crippen LogP contribution in [0, 0.1) is 5.92 Å². The Balaban J connectivity index is 1.57. The van der Waals surface area contributed by atoms with Gasteiger partial charge in [-0.15, -0.1) is 0 Å². The van der Waals surface area contributed by atoms with Gasteiger partial charge in [0, 0.05) is 26.2 Å². The van der Waals surface area contributed by atoms with E-state index in [0.29, 0.717) is 12.7 Å². The molecule has 0 aromatic heterocycles. The first-order chi connectivity index (χ1) is 11.0. The molecule has 3 atom stereocenters. The van der Waals surface area contributed by atoms with Crippen LogP contribution in [0.25, 0.3) is 0 Å². The van der Waals surface area contributed by atoms with E-state index >= 15 is 0 Å². The zero-order valence-electron chi connectivity index (χ0n) is 15.5. The Morgan fingerprint density at radius 3 is 2.61 bits per heavy atom. The second-order valence-corrected chi connectivity index (χ2v) is 7.53. The minimum atomic E-state index is 0.219. The number of rotatable bonds is 9. The molecule has 136 valence electrons. The molecule has 2 heterocycles. The summed E-state index contributed by atoms with van der Waals surface area (Å²) in [6.07, 6.45) is 3.22. The molecule has 23 heavy (non-hydrogen) atoms. The smallest absolute Gasteiger partial charge is 0.0935 e. The van der Waals surface area contributed by atoms with Gasteiger partial charge >= 0.3 is 0 Å². The van der Waals surface area contributed by atoms with Crippen LogP contribution in [0.1, 0.15) is 33.6 Å². The van der Waals surface area contributed by atoms with Crippen molar-refractivity contribution >= 4 is 0 Å². The van der Waals surface area contributed by atoms with E-state index in [4.69, 9.17) is 14.2 Å². The first kappa shape index (κ1) is 19.1. The molecule has 2 saturated heterocycles. The predicted octanol–water partition coefficient (Wildman–Crippen LogP) is 1.86. The van der Waals surface area contributed by atoms with Crippen LogP contribution < -0.4 is 0 Å². The van der Waals surface area contributed by atoms with Crippen LogP contribution in [-0.4, -0.2) is 87.7 Å². The van der Waals surface area contributed by atoms with Crippen molar-refractivity contribution in [3.63, 3.8) is 0 Å². The second-order valence-electron chi connectivity index (χ2n) is 7.53. The molecule has 0 radical (unpaired) electrons. The molecule has 0 saturated carbocycles. The lowest BCUT2D eigenvalue weighted by atomic mass is 10.1. The van der Waals surface area contributed by atoms with E-state index in [1.165, 1.54) is 19.5 Å². The third-order valence-corrected chi connectivity index (χ3v) is 4.80. The molecule has 2 fully saturated rings. The summed E-state index contributed by atoms with van der Waals surface area (Å²) >= 11 is 0. The number of morpholine rings is 1. The van der Waals surface area contributed by atoms with Crippen LogP contribution in [0.5, 0.6) is 0 Å². The molecule has 0 amide bonds. The van der Waals surface area contributed by atoms with Gasteiger partial charge in [0.05, 0.1) is 38.1 Å². The molecule has 1 unspecified atom stereocenters. The van der Waals surface area contributed by atoms with Crippen molar-refractivity contribution in [1.82, 2.24) is 9.80 Å². The summed E-state index contributed by atoms with van der Waals surface area (Å²) in [5.74, 6) is 0.725. The van der Waals surface area contributed by atoms with E-state index in [0.717, 1.165) is 45.2 Å². The molecule has 0 bridgehead atoms. The lowest BCUT2D eigenvalue weighted by Gasteiger charge is -2.33. The molecule has 0 aromatic rings. The molecule has 0 spiro atoms. The molecule has 2 aliphatic rings. The first-order valence-electron chi connectivity index (χ1n) is 9.28. The van der Waals surface area contributed by atoms with Crippen LogP contribution in [0.15, 0.2) is 0 Å². The third kappa shape index (κ3) is 7.48. The van der Waals surface area contributed by atoms with Crippen molar-refractivity contribution in [3.05, 3.63) is 0 Å². The van der Waals surface area contributed by atoms with Gasteiger partial charge in [-0.2, -0.15) is 0 Å². The number of likely N-dealkylation sites (tertiary alicyclic amines) is 1. The van der Waals surface area contributed by atoms with Crippen molar-refractivity contribution < 1.29 is 14.2 Å². The molecule has 2 rings (SSSR count). The predicted molar refractivity (Wildman–Crippen MR) is 92.9 cm³/mol. The summed E-state index contributed by atoms with van der Waals surface area (Å²) in [4.78, 5) is 4.88. The van der Waals surface area contributed by atoms with Gasteiger partial charge in [-0.05, 0) is 53.1 Å². The monoisotopic (exact) mass is 328 g/mol. The Hall–Kier alpha value is -0.200. The average molecular weight is 328 g/mol. The Kier molecular flexibility index (Phi) is 8.27. The zero-order valence-corrected chi connectivity index (χ0v) is 15.5. The second kappa shape index (κ2) is 9.94. The lowest BCUT2D eigenvalue weighted by molar-refractivity contribution is -0.0820. The maximum absolute atomic E-state index is 6.06. The van der Waals surface area contributed by atoms with Gasteiger partial charge in [0.2, 0.25) is 0 Å². The summed E-state index contributed by atoms with van der Waals surface area (Å²) in [7, 11) is 2.20. The quantitative estimate of drug-likeness (QED) is 0.645. The van der Waals surface area contributed by atoms with Gasteiger partial charge in [0.15, 0.2) is 0 Å². The summed E-state index contributed by atoms with van der Waals surface area (Å²) in [6, 6.07) is 0. The third-order valence-electron chi connectivity index (χ3n) is 4.80. The number of nitrogens with zero attached hydrogens (tertiary/aromatic N) is 2. The molecule has 0 N–H and O–H groups in total. The van der Waals surface area contributed by atoms with E-state index in [2.05, 4.69) is 37.6 Å². The molecular formula is C18H36N2O3. The topological polar surface area (TPSA) is 34.2 Å². The summed E-state index contributed by atoms with van der Waals surface area (Å²) in [5, 5.41) is 0. The molecular weight excluding hydrogens is 292 g/mol. The van der Waals surface area contributed by atoms with Gasteiger partial charge in [-0.3, -0.25) is 4.90 Å². The van der Waals surface area contributed by atoms with Crippen LogP contribution >= 0.6 is 0 Å². The van der Waals surface area contributed by atoms with Gasteiger partial charge in [-0.1, -0.05) is 0 Å². The van der Waals surface area contributed by atoms with Crippen LogP contribution in [0.3, 0.4) is 0 Å². The SMILES string of the molecule is CC(C)OC[C@@H]1CN(CCC(C)OC[C@@H]2CCN(C)C2)CCO1. The number of hydrogen-bond donors (Lipinski definition) is 0. The standard InChI is InChI=1S/C18H36N2O3/c1-15(2)22-14-18-12-20(9-10-21-18)8-5-16(3)23-13-17-6-7-19(4)11-17/h15-18H,5-14H2,1-4H3/t16?,17-,18+/m1/s1. The lowest BCUT2D eigenvalue weighted by Crippen LogP contribution is -2.45. The molecule has 0 aliphatic carbocycles.